The van der Waals surface area contributed by atoms with E-state index < -0.39 is 5.97 Å². The van der Waals surface area contributed by atoms with Gasteiger partial charge in [-0.15, -0.1) is 11.3 Å². The van der Waals surface area contributed by atoms with Gasteiger partial charge < -0.3 is 9.90 Å². The second-order valence-electron chi connectivity index (χ2n) is 6.35. The summed E-state index contributed by atoms with van der Waals surface area (Å²) in [4.78, 5) is 13.3. The van der Waals surface area contributed by atoms with Gasteiger partial charge in [-0.05, 0) is 62.6 Å². The first-order valence-corrected chi connectivity index (χ1v) is 9.87. The Morgan fingerprint density at radius 3 is 2.04 bits per heavy atom. The molecule has 0 atom stereocenters. The van der Waals surface area contributed by atoms with E-state index in [1.807, 2.05) is 11.3 Å². The Morgan fingerprint density at radius 2 is 1.36 bits per heavy atom. The van der Waals surface area contributed by atoms with Gasteiger partial charge in [0.2, 0.25) is 0 Å². The van der Waals surface area contributed by atoms with Gasteiger partial charge in [0.25, 0.3) is 0 Å². The summed E-state index contributed by atoms with van der Waals surface area (Å²) >= 11 is 1.95. The number of benzene rings is 1. The van der Waals surface area contributed by atoms with E-state index in [0.717, 1.165) is 32.1 Å². The van der Waals surface area contributed by atoms with E-state index in [-0.39, 0.29) is 36.0 Å². The maximum absolute atomic E-state index is 10.3. The molecule has 25 heavy (non-hydrogen) atoms. The van der Waals surface area contributed by atoms with Gasteiger partial charge in [-0.3, -0.25) is 0 Å². The largest absolute Gasteiger partial charge is 1.00 e. The molecule has 0 fully saturated rings. The Kier molecular flexibility index (Phi) is 12.2. The van der Waals surface area contributed by atoms with Crippen molar-refractivity contribution in [2.45, 2.75) is 64.2 Å². The topological polar surface area (TPSA) is 40.1 Å². The van der Waals surface area contributed by atoms with Crippen molar-refractivity contribution >= 4 is 17.3 Å². The number of rotatable bonds is 12. The molecule has 0 aliphatic heterocycles. The zero-order chi connectivity index (χ0) is 17.0. The van der Waals surface area contributed by atoms with E-state index in [1.54, 1.807) is 0 Å². The Labute approximate surface area is 178 Å². The van der Waals surface area contributed by atoms with Crippen molar-refractivity contribution in [3.63, 3.8) is 0 Å². The first kappa shape index (κ1) is 22.4. The van der Waals surface area contributed by atoms with Crippen molar-refractivity contribution in [1.82, 2.24) is 0 Å². The summed E-state index contributed by atoms with van der Waals surface area (Å²) in [5.41, 5.74) is 1.42. The van der Waals surface area contributed by atoms with Gasteiger partial charge in [-0.1, -0.05) is 49.6 Å². The number of carboxylic acids is 1. The average molecular weight is 367 g/mol. The van der Waals surface area contributed by atoms with Crippen LogP contribution >= 0.6 is 11.3 Å². The number of unbranched alkanes of at least 4 members (excludes halogenated alkanes) is 4. The van der Waals surface area contributed by atoms with Crippen molar-refractivity contribution < 1.29 is 39.5 Å². The minimum atomic E-state index is -0.923. The summed E-state index contributed by atoms with van der Waals surface area (Å²) in [6, 6.07) is 15.2. The molecule has 2 rings (SSSR count). The number of carboxylic acid groups (broad SMARTS) is 1. The van der Waals surface area contributed by atoms with Gasteiger partial charge in [-0.25, -0.2) is 0 Å². The van der Waals surface area contributed by atoms with Gasteiger partial charge in [0, 0.05) is 15.7 Å². The van der Waals surface area contributed by atoms with Crippen LogP contribution in [-0.4, -0.2) is 5.97 Å². The number of carbonyl (C=O) groups excluding carboxylic acids is 1. The number of hydrogen-bond acceptors (Lipinski definition) is 3. The molecule has 0 spiro atoms. The predicted molar refractivity (Wildman–Crippen MR) is 99.2 cm³/mol. The second-order valence-corrected chi connectivity index (χ2v) is 7.60. The van der Waals surface area contributed by atoms with Gasteiger partial charge >= 0.3 is 29.6 Å². The molecular formula is C21H27NaO2S. The molecule has 4 heteroatoms. The monoisotopic (exact) mass is 366 g/mol. The molecule has 1 heterocycles. The van der Waals surface area contributed by atoms with E-state index in [2.05, 4.69) is 42.5 Å². The van der Waals surface area contributed by atoms with Crippen LogP contribution in [0.1, 0.15) is 60.3 Å². The molecule has 0 amide bonds. The summed E-state index contributed by atoms with van der Waals surface area (Å²) in [5, 5.41) is 10.3. The van der Waals surface area contributed by atoms with Crippen LogP contribution < -0.4 is 34.7 Å². The fraction of sp³-hybridized carbons (Fsp3) is 0.476. The van der Waals surface area contributed by atoms with Crippen molar-refractivity contribution in [3.05, 3.63) is 57.8 Å². The SMILES string of the molecule is O=C([O-])CCCCCCCc1ccc(CCCc2ccccc2)s1.[Na+]. The molecule has 0 saturated heterocycles. The van der Waals surface area contributed by atoms with Crippen molar-refractivity contribution in [1.29, 1.82) is 0 Å². The molecular weight excluding hydrogens is 339 g/mol. The van der Waals surface area contributed by atoms with Crippen LogP contribution in [0.4, 0.5) is 0 Å². The van der Waals surface area contributed by atoms with Gasteiger partial charge in [0.15, 0.2) is 0 Å². The van der Waals surface area contributed by atoms with Gasteiger partial charge in [0.1, 0.15) is 0 Å². The van der Waals surface area contributed by atoms with Crippen LogP contribution in [-0.2, 0) is 24.1 Å². The molecule has 0 radical (unpaired) electrons. The Morgan fingerprint density at radius 1 is 0.760 bits per heavy atom. The third kappa shape index (κ3) is 10.2. The molecule has 0 bridgehead atoms. The van der Waals surface area contributed by atoms with Crippen molar-refractivity contribution in [2.24, 2.45) is 0 Å². The van der Waals surface area contributed by atoms with Crippen LogP contribution in [0.15, 0.2) is 42.5 Å². The second kappa shape index (κ2) is 13.6. The third-order valence-corrected chi connectivity index (χ3v) is 5.46. The molecule has 0 saturated carbocycles. The summed E-state index contributed by atoms with van der Waals surface area (Å²) in [6.45, 7) is 0. The van der Waals surface area contributed by atoms with E-state index in [4.69, 9.17) is 0 Å². The standard InChI is InChI=1S/C21H28O2S.Na/c22-21(23)15-8-3-1-2-7-13-19-16-17-20(24-19)14-9-12-18-10-5-4-6-11-18;/h4-6,10-11,16-17H,1-3,7-9,12-15H2,(H,22,23);/q;+1/p-1. The van der Waals surface area contributed by atoms with Crippen molar-refractivity contribution in [3.8, 4) is 0 Å². The summed E-state index contributed by atoms with van der Waals surface area (Å²) in [6.07, 6.45) is 10.2. The van der Waals surface area contributed by atoms with Crippen LogP contribution in [0, 0.1) is 0 Å². The van der Waals surface area contributed by atoms with Crippen LogP contribution in [0.5, 0.6) is 0 Å². The summed E-state index contributed by atoms with van der Waals surface area (Å²) in [7, 11) is 0. The fourth-order valence-corrected chi connectivity index (χ4v) is 4.00. The summed E-state index contributed by atoms with van der Waals surface area (Å²) < 4.78 is 0. The molecule has 0 aliphatic rings. The molecule has 0 aliphatic carbocycles. The summed E-state index contributed by atoms with van der Waals surface area (Å²) in [5.74, 6) is -0.923. The maximum Gasteiger partial charge on any atom is 1.00 e. The Bertz CT molecular complexity index is 595. The normalized spacial score (nSPS) is 10.4. The minimum Gasteiger partial charge on any atom is -0.550 e. The quantitative estimate of drug-likeness (QED) is 0.422. The molecule has 0 unspecified atom stereocenters. The van der Waals surface area contributed by atoms with Gasteiger partial charge in [-0.2, -0.15) is 0 Å². The fourth-order valence-electron chi connectivity index (χ4n) is 2.90. The number of carbonyl (C=O) groups is 1. The number of aryl methyl sites for hydroxylation is 3. The molecule has 0 N–H and O–H groups in total. The average Bonchev–Trinajstić information content (AvgIpc) is 3.02. The first-order chi connectivity index (χ1) is 11.7. The van der Waals surface area contributed by atoms with E-state index in [9.17, 15) is 9.90 Å². The van der Waals surface area contributed by atoms with E-state index >= 15 is 0 Å². The zero-order valence-corrected chi connectivity index (χ0v) is 18.2. The van der Waals surface area contributed by atoms with E-state index in [0.29, 0.717) is 0 Å². The molecule has 2 aromatic rings. The Hall–Kier alpha value is -0.610. The smallest absolute Gasteiger partial charge is 0.550 e. The number of thiophene rings is 1. The number of hydrogen-bond donors (Lipinski definition) is 0. The third-order valence-electron chi connectivity index (χ3n) is 4.25. The molecule has 1 aromatic heterocycles. The zero-order valence-electron chi connectivity index (χ0n) is 15.3. The predicted octanol–water partition coefficient (Wildman–Crippen LogP) is 1.56. The molecule has 130 valence electrons. The van der Waals surface area contributed by atoms with Crippen LogP contribution in [0.3, 0.4) is 0 Å². The first-order valence-electron chi connectivity index (χ1n) is 9.05. The van der Waals surface area contributed by atoms with Gasteiger partial charge in [0.05, 0.1) is 0 Å². The van der Waals surface area contributed by atoms with Crippen LogP contribution in [0.25, 0.3) is 0 Å². The number of aliphatic carboxylic acids is 1. The minimum absolute atomic E-state index is 0. The Balaban J connectivity index is 0.00000312. The van der Waals surface area contributed by atoms with Crippen molar-refractivity contribution in [2.75, 3.05) is 0 Å². The molecule has 2 nitrogen and oxygen atoms in total. The maximum atomic E-state index is 10.3. The van der Waals surface area contributed by atoms with Crippen LogP contribution in [0.2, 0.25) is 0 Å². The molecule has 1 aromatic carbocycles. The van der Waals surface area contributed by atoms with E-state index in [1.165, 1.54) is 41.0 Å².